The van der Waals surface area contributed by atoms with Gasteiger partial charge in [-0.05, 0) is 49.0 Å². The molecule has 26 heavy (non-hydrogen) atoms. The molecule has 2 aromatic rings. The van der Waals surface area contributed by atoms with Crippen LogP contribution in [-0.4, -0.2) is 43.3 Å². The number of hydrogen-bond donors (Lipinski definition) is 2. The van der Waals surface area contributed by atoms with Crippen LogP contribution in [0, 0.1) is 0 Å². The minimum atomic E-state index is -0.271. The minimum Gasteiger partial charge on any atom is -0.457 e. The van der Waals surface area contributed by atoms with Crippen LogP contribution in [0.5, 0.6) is 11.5 Å². The molecule has 0 bridgehead atoms. The van der Waals surface area contributed by atoms with E-state index in [9.17, 15) is 4.79 Å². The molecule has 0 fully saturated rings. The summed E-state index contributed by atoms with van der Waals surface area (Å²) >= 11 is 5.24. The Morgan fingerprint density at radius 1 is 1.12 bits per heavy atom. The molecule has 0 unspecified atom stereocenters. The van der Waals surface area contributed by atoms with Crippen LogP contribution in [0.15, 0.2) is 54.6 Å². The number of carbonyl (C=O) groups is 1. The van der Waals surface area contributed by atoms with E-state index in [1.54, 1.807) is 38.4 Å². The van der Waals surface area contributed by atoms with E-state index in [-0.39, 0.29) is 5.91 Å². The zero-order valence-electron chi connectivity index (χ0n) is 14.9. The smallest absolute Gasteiger partial charge is 0.269 e. The van der Waals surface area contributed by atoms with Crippen LogP contribution in [0.2, 0.25) is 0 Å². The molecule has 0 radical (unpaired) electrons. The van der Waals surface area contributed by atoms with Gasteiger partial charge in [0.1, 0.15) is 11.5 Å². The molecule has 0 aliphatic heterocycles. The molecule has 0 saturated heterocycles. The molecule has 0 spiro atoms. The summed E-state index contributed by atoms with van der Waals surface area (Å²) in [4.78, 5) is 12.4. The summed E-state index contributed by atoms with van der Waals surface area (Å²) in [5.74, 6) is 1.03. The van der Waals surface area contributed by atoms with Gasteiger partial charge in [-0.3, -0.25) is 15.2 Å². The third kappa shape index (κ3) is 6.34. The van der Waals surface area contributed by atoms with Gasteiger partial charge in [0.25, 0.3) is 5.91 Å². The van der Waals surface area contributed by atoms with Gasteiger partial charge >= 0.3 is 0 Å². The van der Waals surface area contributed by atoms with E-state index in [1.807, 2.05) is 30.3 Å². The van der Waals surface area contributed by atoms with Crippen molar-refractivity contribution in [1.29, 1.82) is 0 Å². The lowest BCUT2D eigenvalue weighted by Gasteiger charge is -2.21. The number of para-hydroxylation sites is 1. The molecule has 0 aliphatic rings. The van der Waals surface area contributed by atoms with E-state index >= 15 is 0 Å². The highest BCUT2D eigenvalue weighted by Crippen LogP contribution is 2.21. The number of nitrogens with zero attached hydrogens (tertiary/aromatic N) is 1. The normalized spacial score (nSPS) is 10.1. The highest BCUT2D eigenvalue weighted by molar-refractivity contribution is 7.80. The standard InChI is InChI=1S/C19H23N3O3S/c1-22(19(26)20-12-7-13-24-2)21-18(23)15-8-6-11-17(14-15)25-16-9-4-3-5-10-16/h3-6,8-11,14H,7,12-13H2,1-2H3,(H,20,26)(H,21,23). The van der Waals surface area contributed by atoms with Gasteiger partial charge in [0.15, 0.2) is 5.11 Å². The summed E-state index contributed by atoms with van der Waals surface area (Å²) in [6.07, 6.45) is 0.831. The molecule has 6 nitrogen and oxygen atoms in total. The predicted octanol–water partition coefficient (Wildman–Crippen LogP) is 2.97. The van der Waals surface area contributed by atoms with Crippen LogP contribution in [0.25, 0.3) is 0 Å². The lowest BCUT2D eigenvalue weighted by atomic mass is 10.2. The van der Waals surface area contributed by atoms with Crippen molar-refractivity contribution in [2.75, 3.05) is 27.3 Å². The van der Waals surface area contributed by atoms with Crippen LogP contribution in [-0.2, 0) is 4.74 Å². The minimum absolute atomic E-state index is 0.271. The number of methoxy groups -OCH3 is 1. The van der Waals surface area contributed by atoms with Crippen LogP contribution < -0.4 is 15.5 Å². The lowest BCUT2D eigenvalue weighted by molar-refractivity contribution is 0.0886. The van der Waals surface area contributed by atoms with Gasteiger partial charge in [-0.1, -0.05) is 24.3 Å². The number of thiocarbonyl (C=S) groups is 1. The van der Waals surface area contributed by atoms with Crippen LogP contribution in [0.3, 0.4) is 0 Å². The SMILES string of the molecule is COCCCNC(=S)N(C)NC(=O)c1cccc(Oc2ccccc2)c1. The molecule has 0 atom stereocenters. The largest absolute Gasteiger partial charge is 0.457 e. The first kappa shape index (κ1) is 19.7. The molecule has 2 N–H and O–H groups in total. The molecule has 0 aliphatic carbocycles. The molecule has 0 aromatic heterocycles. The molecule has 2 rings (SSSR count). The zero-order chi connectivity index (χ0) is 18.8. The molecule has 2 aromatic carbocycles. The lowest BCUT2D eigenvalue weighted by Crippen LogP contribution is -2.48. The Hall–Kier alpha value is -2.64. The number of nitrogens with one attached hydrogen (secondary N) is 2. The second-order valence-corrected chi connectivity index (χ2v) is 5.91. The monoisotopic (exact) mass is 373 g/mol. The molecule has 138 valence electrons. The van der Waals surface area contributed by atoms with E-state index in [1.165, 1.54) is 5.01 Å². The van der Waals surface area contributed by atoms with Gasteiger partial charge in [-0.2, -0.15) is 0 Å². The van der Waals surface area contributed by atoms with Gasteiger partial charge in [0.2, 0.25) is 0 Å². The van der Waals surface area contributed by atoms with Crippen molar-refractivity contribution >= 4 is 23.2 Å². The maximum Gasteiger partial charge on any atom is 0.269 e. The number of hydrazine groups is 1. The molecule has 0 saturated carbocycles. The summed E-state index contributed by atoms with van der Waals surface area (Å²) in [5.41, 5.74) is 3.21. The Kier molecular flexibility index (Phi) is 7.85. The zero-order valence-corrected chi connectivity index (χ0v) is 15.7. The average Bonchev–Trinajstić information content (AvgIpc) is 2.66. The Morgan fingerprint density at radius 3 is 2.58 bits per heavy atom. The van der Waals surface area contributed by atoms with Gasteiger partial charge in [-0.15, -0.1) is 0 Å². The number of benzene rings is 2. The molecule has 0 heterocycles. The molecule has 1 amide bonds. The molecular weight excluding hydrogens is 350 g/mol. The third-order valence-electron chi connectivity index (χ3n) is 3.45. The quantitative estimate of drug-likeness (QED) is 0.442. The summed E-state index contributed by atoms with van der Waals surface area (Å²) in [6.45, 7) is 1.33. The van der Waals surface area contributed by atoms with E-state index in [2.05, 4.69) is 10.7 Å². The molecule has 7 heteroatoms. The second-order valence-electron chi connectivity index (χ2n) is 5.52. The Balaban J connectivity index is 1.90. The first-order chi connectivity index (χ1) is 12.6. The summed E-state index contributed by atoms with van der Waals surface area (Å²) in [5, 5.41) is 4.97. The fourth-order valence-corrected chi connectivity index (χ4v) is 2.27. The maximum atomic E-state index is 12.4. The van der Waals surface area contributed by atoms with Gasteiger partial charge < -0.3 is 14.8 Å². The fraction of sp³-hybridized carbons (Fsp3) is 0.263. The number of rotatable bonds is 7. The van der Waals surface area contributed by atoms with E-state index < -0.39 is 0 Å². The van der Waals surface area contributed by atoms with E-state index in [4.69, 9.17) is 21.7 Å². The number of hydrogen-bond acceptors (Lipinski definition) is 4. The van der Waals surface area contributed by atoms with Crippen molar-refractivity contribution in [1.82, 2.24) is 15.8 Å². The highest BCUT2D eigenvalue weighted by atomic mass is 32.1. The van der Waals surface area contributed by atoms with Gasteiger partial charge in [0.05, 0.1) is 0 Å². The van der Waals surface area contributed by atoms with Crippen molar-refractivity contribution < 1.29 is 14.3 Å². The average molecular weight is 373 g/mol. The number of amides is 1. The first-order valence-electron chi connectivity index (χ1n) is 8.24. The van der Waals surface area contributed by atoms with Crippen molar-refractivity contribution in [3.05, 3.63) is 60.2 Å². The number of carbonyl (C=O) groups excluding carboxylic acids is 1. The van der Waals surface area contributed by atoms with Crippen molar-refractivity contribution in [2.24, 2.45) is 0 Å². The molecular formula is C19H23N3O3S. The van der Waals surface area contributed by atoms with Crippen LogP contribution >= 0.6 is 12.2 Å². The first-order valence-corrected chi connectivity index (χ1v) is 8.65. The summed E-state index contributed by atoms with van der Waals surface area (Å²) < 4.78 is 10.7. The second kappa shape index (κ2) is 10.4. The van der Waals surface area contributed by atoms with Crippen molar-refractivity contribution in [3.63, 3.8) is 0 Å². The van der Waals surface area contributed by atoms with Crippen LogP contribution in [0.1, 0.15) is 16.8 Å². The van der Waals surface area contributed by atoms with Gasteiger partial charge in [0, 0.05) is 32.9 Å². The topological polar surface area (TPSA) is 62.8 Å². The highest BCUT2D eigenvalue weighted by Gasteiger charge is 2.11. The van der Waals surface area contributed by atoms with E-state index in [0.717, 1.165) is 6.42 Å². The summed E-state index contributed by atoms with van der Waals surface area (Å²) in [7, 11) is 3.34. The number of ether oxygens (including phenoxy) is 2. The van der Waals surface area contributed by atoms with Crippen LogP contribution in [0.4, 0.5) is 0 Å². The predicted molar refractivity (Wildman–Crippen MR) is 105 cm³/mol. The van der Waals surface area contributed by atoms with Crippen molar-refractivity contribution in [2.45, 2.75) is 6.42 Å². The van der Waals surface area contributed by atoms with Gasteiger partial charge in [-0.25, -0.2) is 0 Å². The maximum absolute atomic E-state index is 12.4. The fourth-order valence-electron chi connectivity index (χ4n) is 2.12. The van der Waals surface area contributed by atoms with Crippen molar-refractivity contribution in [3.8, 4) is 11.5 Å². The Morgan fingerprint density at radius 2 is 1.85 bits per heavy atom. The third-order valence-corrected chi connectivity index (χ3v) is 3.87. The Bertz CT molecular complexity index is 725. The Labute approximate surface area is 159 Å². The van der Waals surface area contributed by atoms with E-state index in [0.29, 0.717) is 35.3 Å². The summed E-state index contributed by atoms with van der Waals surface area (Å²) in [6, 6.07) is 16.4.